The molecule has 1 aromatic carbocycles. The van der Waals surface area contributed by atoms with Crippen LogP contribution in [-0.2, 0) is 22.4 Å². The van der Waals surface area contributed by atoms with E-state index in [4.69, 9.17) is 4.74 Å². The van der Waals surface area contributed by atoms with Crippen LogP contribution in [-0.4, -0.2) is 29.9 Å². The van der Waals surface area contributed by atoms with E-state index in [0.29, 0.717) is 13.2 Å². The van der Waals surface area contributed by atoms with Crippen molar-refractivity contribution in [1.82, 2.24) is 4.90 Å². The van der Waals surface area contributed by atoms with Gasteiger partial charge in [-0.05, 0) is 42.5 Å². The summed E-state index contributed by atoms with van der Waals surface area (Å²) in [4.78, 5) is 23.9. The van der Waals surface area contributed by atoms with Crippen LogP contribution >= 0.6 is 0 Å². The first-order valence-electron chi connectivity index (χ1n) is 6.52. The van der Waals surface area contributed by atoms with Crippen molar-refractivity contribution < 1.29 is 14.3 Å². The molecule has 2 amide bonds. The summed E-state index contributed by atoms with van der Waals surface area (Å²) in [6.45, 7) is 0.625. The molecule has 98 valence electrons. The van der Waals surface area contributed by atoms with E-state index in [1.54, 1.807) is 0 Å². The second kappa shape index (κ2) is 4.88. The van der Waals surface area contributed by atoms with Crippen molar-refractivity contribution in [2.24, 2.45) is 0 Å². The number of rotatable bonds is 4. The Labute approximate surface area is 111 Å². The third-order valence-corrected chi connectivity index (χ3v) is 3.55. The van der Waals surface area contributed by atoms with Crippen LogP contribution in [0.5, 0.6) is 5.75 Å². The minimum absolute atomic E-state index is 0.262. The molecule has 0 fully saturated rings. The van der Waals surface area contributed by atoms with Gasteiger partial charge < -0.3 is 4.74 Å². The normalized spacial score (nSPS) is 17.2. The van der Waals surface area contributed by atoms with Crippen LogP contribution in [0, 0.1) is 0 Å². The average molecular weight is 257 g/mol. The molecular weight excluding hydrogens is 242 g/mol. The van der Waals surface area contributed by atoms with Crippen molar-refractivity contribution in [3.63, 3.8) is 0 Å². The van der Waals surface area contributed by atoms with Gasteiger partial charge in [0, 0.05) is 12.2 Å². The molecule has 0 radical (unpaired) electrons. The molecule has 0 N–H and O–H groups in total. The van der Waals surface area contributed by atoms with E-state index in [9.17, 15) is 9.59 Å². The Morgan fingerprint density at radius 3 is 2.58 bits per heavy atom. The van der Waals surface area contributed by atoms with Gasteiger partial charge in [-0.1, -0.05) is 6.07 Å². The van der Waals surface area contributed by atoms with E-state index < -0.39 is 0 Å². The molecule has 0 unspecified atom stereocenters. The molecule has 1 heterocycles. The Kier molecular flexibility index (Phi) is 3.07. The lowest BCUT2D eigenvalue weighted by atomic mass is 10.1. The number of aryl methyl sites for hydroxylation is 2. The number of carbonyl (C=O) groups is 2. The minimum Gasteiger partial charge on any atom is -0.492 e. The van der Waals surface area contributed by atoms with Crippen LogP contribution in [0.25, 0.3) is 0 Å². The van der Waals surface area contributed by atoms with Crippen molar-refractivity contribution in [2.45, 2.75) is 19.3 Å². The predicted molar refractivity (Wildman–Crippen MR) is 69.8 cm³/mol. The number of benzene rings is 1. The van der Waals surface area contributed by atoms with Gasteiger partial charge in [-0.15, -0.1) is 0 Å². The molecule has 0 aromatic heterocycles. The van der Waals surface area contributed by atoms with E-state index in [2.05, 4.69) is 12.1 Å². The number of fused-ring (bicyclic) bond motifs is 1. The molecule has 3 rings (SSSR count). The average Bonchev–Trinajstić information content (AvgIpc) is 2.99. The maximum atomic E-state index is 11.3. The summed E-state index contributed by atoms with van der Waals surface area (Å²) in [7, 11) is 0. The van der Waals surface area contributed by atoms with Crippen molar-refractivity contribution in [3.05, 3.63) is 41.5 Å². The number of carbonyl (C=O) groups excluding carboxylic acids is 2. The van der Waals surface area contributed by atoms with Crippen LogP contribution in [0.2, 0.25) is 0 Å². The molecule has 0 atom stereocenters. The quantitative estimate of drug-likeness (QED) is 0.767. The first-order valence-corrected chi connectivity index (χ1v) is 6.52. The lowest BCUT2D eigenvalue weighted by Gasteiger charge is -2.14. The van der Waals surface area contributed by atoms with Crippen molar-refractivity contribution in [3.8, 4) is 5.75 Å². The molecule has 1 aromatic rings. The van der Waals surface area contributed by atoms with Gasteiger partial charge in [0.15, 0.2) is 0 Å². The number of nitrogens with zero attached hydrogens (tertiary/aromatic N) is 1. The first kappa shape index (κ1) is 12.0. The van der Waals surface area contributed by atoms with Crippen LogP contribution in [0.4, 0.5) is 0 Å². The summed E-state index contributed by atoms with van der Waals surface area (Å²) in [5.41, 5.74) is 2.76. The molecule has 1 aliphatic carbocycles. The third kappa shape index (κ3) is 2.38. The van der Waals surface area contributed by atoms with Crippen molar-refractivity contribution >= 4 is 11.8 Å². The lowest BCUT2D eigenvalue weighted by molar-refractivity contribution is -0.137. The summed E-state index contributed by atoms with van der Waals surface area (Å²) >= 11 is 0. The van der Waals surface area contributed by atoms with Crippen LogP contribution in [0.3, 0.4) is 0 Å². The van der Waals surface area contributed by atoms with E-state index in [1.807, 2.05) is 6.07 Å². The number of hydrogen-bond acceptors (Lipinski definition) is 3. The third-order valence-electron chi connectivity index (χ3n) is 3.55. The second-order valence-corrected chi connectivity index (χ2v) is 4.79. The lowest BCUT2D eigenvalue weighted by Crippen LogP contribution is -2.33. The highest BCUT2D eigenvalue weighted by Gasteiger charge is 2.22. The Morgan fingerprint density at radius 1 is 1.05 bits per heavy atom. The Hall–Kier alpha value is -2.10. The largest absolute Gasteiger partial charge is 0.492 e. The highest BCUT2D eigenvalue weighted by molar-refractivity contribution is 6.12. The molecule has 0 bridgehead atoms. The molecular formula is C15H15NO3. The highest BCUT2D eigenvalue weighted by atomic mass is 16.5. The Morgan fingerprint density at radius 2 is 1.79 bits per heavy atom. The van der Waals surface area contributed by atoms with Gasteiger partial charge >= 0.3 is 0 Å². The van der Waals surface area contributed by atoms with E-state index in [1.165, 1.54) is 34.6 Å². The molecule has 1 aliphatic heterocycles. The fraction of sp³-hybridized carbons (Fsp3) is 0.333. The molecule has 2 aliphatic rings. The topological polar surface area (TPSA) is 46.6 Å². The molecule has 0 spiro atoms. The van der Waals surface area contributed by atoms with Gasteiger partial charge in [-0.25, -0.2) is 0 Å². The van der Waals surface area contributed by atoms with Crippen LogP contribution < -0.4 is 4.74 Å². The van der Waals surface area contributed by atoms with E-state index in [0.717, 1.165) is 18.6 Å². The zero-order valence-electron chi connectivity index (χ0n) is 10.6. The summed E-state index contributed by atoms with van der Waals surface area (Å²) in [5.74, 6) is 0.290. The van der Waals surface area contributed by atoms with Crippen LogP contribution in [0.1, 0.15) is 17.5 Å². The summed E-state index contributed by atoms with van der Waals surface area (Å²) < 4.78 is 5.62. The molecule has 4 heteroatoms. The van der Waals surface area contributed by atoms with Gasteiger partial charge in [-0.3, -0.25) is 14.5 Å². The molecule has 4 nitrogen and oxygen atoms in total. The Bertz CT molecular complexity index is 545. The zero-order valence-corrected chi connectivity index (χ0v) is 10.6. The molecule has 0 saturated heterocycles. The van der Waals surface area contributed by atoms with Crippen LogP contribution in [0.15, 0.2) is 30.4 Å². The molecule has 0 saturated carbocycles. The number of amides is 2. The van der Waals surface area contributed by atoms with Crippen molar-refractivity contribution in [1.29, 1.82) is 0 Å². The first-order chi connectivity index (χ1) is 9.24. The SMILES string of the molecule is O=C1C=CC(=O)N1CCOc1ccc2c(c1)CCC2. The van der Waals surface area contributed by atoms with Gasteiger partial charge in [-0.2, -0.15) is 0 Å². The Balaban J connectivity index is 1.55. The zero-order chi connectivity index (χ0) is 13.2. The maximum absolute atomic E-state index is 11.3. The monoisotopic (exact) mass is 257 g/mol. The smallest absolute Gasteiger partial charge is 0.253 e. The summed E-state index contributed by atoms with van der Waals surface area (Å²) in [6.07, 6.45) is 6.05. The fourth-order valence-corrected chi connectivity index (χ4v) is 2.54. The number of ether oxygens (including phenoxy) is 1. The fourth-order valence-electron chi connectivity index (χ4n) is 2.54. The second-order valence-electron chi connectivity index (χ2n) is 4.79. The van der Waals surface area contributed by atoms with E-state index in [-0.39, 0.29) is 11.8 Å². The molecule has 19 heavy (non-hydrogen) atoms. The predicted octanol–water partition coefficient (Wildman–Crippen LogP) is 1.48. The van der Waals surface area contributed by atoms with Gasteiger partial charge in [0.05, 0.1) is 6.54 Å². The van der Waals surface area contributed by atoms with Crippen molar-refractivity contribution in [2.75, 3.05) is 13.2 Å². The number of hydrogen-bond donors (Lipinski definition) is 0. The van der Waals surface area contributed by atoms with Gasteiger partial charge in [0.25, 0.3) is 11.8 Å². The van der Waals surface area contributed by atoms with Gasteiger partial charge in [0.2, 0.25) is 0 Å². The standard InChI is InChI=1S/C15H15NO3/c17-14-6-7-15(18)16(14)8-9-19-13-5-4-11-2-1-3-12(11)10-13/h4-7,10H,1-3,8-9H2. The summed E-state index contributed by atoms with van der Waals surface area (Å²) in [5, 5.41) is 0. The summed E-state index contributed by atoms with van der Waals surface area (Å²) in [6, 6.07) is 6.12. The van der Waals surface area contributed by atoms with E-state index >= 15 is 0 Å². The highest BCUT2D eigenvalue weighted by Crippen LogP contribution is 2.25. The minimum atomic E-state index is -0.262. The maximum Gasteiger partial charge on any atom is 0.253 e. The van der Waals surface area contributed by atoms with Gasteiger partial charge in [0.1, 0.15) is 12.4 Å². The number of imide groups is 1.